The summed E-state index contributed by atoms with van der Waals surface area (Å²) in [7, 11) is 0. The molecule has 1 unspecified atom stereocenters. The van der Waals surface area contributed by atoms with Crippen molar-refractivity contribution in [2.75, 3.05) is 0 Å². The van der Waals surface area contributed by atoms with E-state index in [0.717, 1.165) is 18.3 Å². The van der Waals surface area contributed by atoms with Crippen LogP contribution in [0.15, 0.2) is 60.7 Å². The molecule has 0 bridgehead atoms. The highest BCUT2D eigenvalue weighted by Gasteiger charge is 2.32. The average Bonchev–Trinajstić information content (AvgIpc) is 2.46. The first-order valence-electron chi connectivity index (χ1n) is 7.36. The predicted molar refractivity (Wildman–Crippen MR) is 89.0 cm³/mol. The summed E-state index contributed by atoms with van der Waals surface area (Å²) in [6.45, 7) is 8.53. The minimum Gasteiger partial charge on any atom is -0.302 e. The molecular formula is C20H20O. The van der Waals surface area contributed by atoms with Gasteiger partial charge in [0.1, 0.15) is 6.29 Å². The highest BCUT2D eigenvalue weighted by Crippen LogP contribution is 2.47. The fraction of sp³-hybridized carbons (Fsp3) is 0.250. The molecule has 2 aromatic rings. The van der Waals surface area contributed by atoms with Crippen LogP contribution in [0.5, 0.6) is 0 Å². The van der Waals surface area contributed by atoms with E-state index in [2.05, 4.69) is 69.0 Å². The van der Waals surface area contributed by atoms with Crippen LogP contribution in [0, 0.1) is 11.3 Å². The second kappa shape index (κ2) is 5.00. The van der Waals surface area contributed by atoms with Crippen LogP contribution in [0.2, 0.25) is 0 Å². The van der Waals surface area contributed by atoms with Crippen molar-refractivity contribution in [3.8, 4) is 0 Å². The van der Waals surface area contributed by atoms with Gasteiger partial charge < -0.3 is 4.79 Å². The van der Waals surface area contributed by atoms with Gasteiger partial charge in [0.25, 0.3) is 0 Å². The molecular weight excluding hydrogens is 256 g/mol. The van der Waals surface area contributed by atoms with Gasteiger partial charge >= 0.3 is 0 Å². The molecule has 1 aliphatic carbocycles. The van der Waals surface area contributed by atoms with Crippen molar-refractivity contribution in [3.05, 3.63) is 66.3 Å². The third kappa shape index (κ3) is 2.33. The summed E-state index contributed by atoms with van der Waals surface area (Å²) < 4.78 is 0. The lowest BCUT2D eigenvalue weighted by Crippen LogP contribution is -2.23. The van der Waals surface area contributed by atoms with Crippen LogP contribution in [-0.2, 0) is 4.79 Å². The highest BCUT2D eigenvalue weighted by molar-refractivity contribution is 5.95. The van der Waals surface area contributed by atoms with Crippen LogP contribution in [0.1, 0.15) is 25.8 Å². The molecule has 1 aliphatic rings. The van der Waals surface area contributed by atoms with Gasteiger partial charge in [-0.1, -0.05) is 74.5 Å². The van der Waals surface area contributed by atoms with Gasteiger partial charge in [0.15, 0.2) is 0 Å². The van der Waals surface area contributed by atoms with Crippen molar-refractivity contribution in [1.82, 2.24) is 0 Å². The van der Waals surface area contributed by atoms with E-state index in [-0.39, 0.29) is 11.3 Å². The number of aldehydes is 1. The number of carbonyl (C=O) groups excluding carboxylic acids is 1. The standard InChI is InChI=1S/C20H20O/c1-14-12-20(2,3)19(11-16(14)13-21)18-10-6-8-15-7-4-5-9-17(15)18/h4-11,13,16H,1,12H2,2-3H3. The first kappa shape index (κ1) is 13.8. The number of rotatable bonds is 2. The number of hydrogen-bond acceptors (Lipinski definition) is 1. The largest absolute Gasteiger partial charge is 0.302 e. The van der Waals surface area contributed by atoms with Gasteiger partial charge in [0.05, 0.1) is 5.92 Å². The lowest BCUT2D eigenvalue weighted by atomic mass is 9.68. The van der Waals surface area contributed by atoms with E-state index in [1.807, 2.05) is 0 Å². The van der Waals surface area contributed by atoms with Gasteiger partial charge in [-0.25, -0.2) is 0 Å². The molecule has 2 aromatic carbocycles. The maximum absolute atomic E-state index is 11.3. The number of fused-ring (bicyclic) bond motifs is 1. The molecule has 106 valence electrons. The topological polar surface area (TPSA) is 17.1 Å². The smallest absolute Gasteiger partial charge is 0.130 e. The number of allylic oxidation sites excluding steroid dienone is 3. The summed E-state index contributed by atoms with van der Waals surface area (Å²) in [5.41, 5.74) is 3.50. The van der Waals surface area contributed by atoms with Crippen LogP contribution < -0.4 is 0 Å². The van der Waals surface area contributed by atoms with Crippen LogP contribution in [0.3, 0.4) is 0 Å². The third-order valence-electron chi connectivity index (χ3n) is 4.44. The van der Waals surface area contributed by atoms with Crippen LogP contribution >= 0.6 is 0 Å². The van der Waals surface area contributed by atoms with Crippen molar-refractivity contribution >= 4 is 22.6 Å². The van der Waals surface area contributed by atoms with Gasteiger partial charge in [0.2, 0.25) is 0 Å². The summed E-state index contributed by atoms with van der Waals surface area (Å²) in [6.07, 6.45) is 3.95. The number of hydrogen-bond donors (Lipinski definition) is 0. The molecule has 0 fully saturated rings. The van der Waals surface area contributed by atoms with Crippen molar-refractivity contribution < 1.29 is 4.79 Å². The molecule has 1 nitrogen and oxygen atoms in total. The number of benzene rings is 2. The Morgan fingerprint density at radius 2 is 1.86 bits per heavy atom. The zero-order chi connectivity index (χ0) is 15.0. The van der Waals surface area contributed by atoms with E-state index in [0.29, 0.717) is 0 Å². The van der Waals surface area contributed by atoms with Crippen molar-refractivity contribution in [1.29, 1.82) is 0 Å². The highest BCUT2D eigenvalue weighted by atomic mass is 16.1. The quantitative estimate of drug-likeness (QED) is 0.555. The molecule has 0 saturated heterocycles. The van der Waals surface area contributed by atoms with E-state index < -0.39 is 0 Å². The minimum atomic E-state index is -0.160. The van der Waals surface area contributed by atoms with Crippen LogP contribution in [-0.4, -0.2) is 6.29 Å². The summed E-state index contributed by atoms with van der Waals surface area (Å²) >= 11 is 0. The van der Waals surface area contributed by atoms with Crippen molar-refractivity contribution in [3.63, 3.8) is 0 Å². The molecule has 0 N–H and O–H groups in total. The van der Waals surface area contributed by atoms with E-state index in [1.54, 1.807) is 0 Å². The van der Waals surface area contributed by atoms with Crippen LogP contribution in [0.4, 0.5) is 0 Å². The Bertz CT molecular complexity index is 744. The maximum Gasteiger partial charge on any atom is 0.130 e. The Hall–Kier alpha value is -2.15. The zero-order valence-corrected chi connectivity index (χ0v) is 12.6. The summed E-state index contributed by atoms with van der Waals surface area (Å²) in [5.74, 6) is -0.160. The molecule has 0 amide bonds. The minimum absolute atomic E-state index is 0.000712. The molecule has 1 heteroatoms. The molecule has 0 spiro atoms. The monoisotopic (exact) mass is 276 g/mol. The Kier molecular flexibility index (Phi) is 3.29. The summed E-state index contributed by atoms with van der Waals surface area (Å²) in [6, 6.07) is 14.8. The Balaban J connectivity index is 2.25. The van der Waals surface area contributed by atoms with Crippen LogP contribution in [0.25, 0.3) is 16.3 Å². The van der Waals surface area contributed by atoms with Gasteiger partial charge in [-0.05, 0) is 33.7 Å². The molecule has 0 aromatic heterocycles. The Morgan fingerprint density at radius 3 is 2.62 bits per heavy atom. The number of carbonyl (C=O) groups is 1. The van der Waals surface area contributed by atoms with E-state index in [9.17, 15) is 4.79 Å². The van der Waals surface area contributed by atoms with Crippen molar-refractivity contribution in [2.24, 2.45) is 11.3 Å². The summed E-state index contributed by atoms with van der Waals surface area (Å²) in [4.78, 5) is 11.3. The maximum atomic E-state index is 11.3. The van der Waals surface area contributed by atoms with Gasteiger partial charge in [-0.15, -0.1) is 0 Å². The molecule has 1 atom stereocenters. The molecule has 0 saturated carbocycles. The molecule has 3 rings (SSSR count). The third-order valence-corrected chi connectivity index (χ3v) is 4.44. The normalized spacial score (nSPS) is 21.1. The molecule has 0 radical (unpaired) electrons. The Morgan fingerprint density at radius 1 is 1.14 bits per heavy atom. The first-order valence-corrected chi connectivity index (χ1v) is 7.36. The lowest BCUT2D eigenvalue weighted by molar-refractivity contribution is -0.109. The molecule has 21 heavy (non-hydrogen) atoms. The van der Waals surface area contributed by atoms with E-state index in [4.69, 9.17) is 0 Å². The molecule has 0 heterocycles. The predicted octanol–water partition coefficient (Wildman–Crippen LogP) is 5.02. The first-order chi connectivity index (χ1) is 10.0. The SMILES string of the molecule is C=C1CC(C)(C)C(c2cccc3ccccc23)=CC1C=O. The van der Waals surface area contributed by atoms with Gasteiger partial charge in [-0.2, -0.15) is 0 Å². The Labute approximate surface area is 126 Å². The van der Waals surface area contributed by atoms with Crippen molar-refractivity contribution in [2.45, 2.75) is 20.3 Å². The molecule has 0 aliphatic heterocycles. The fourth-order valence-corrected chi connectivity index (χ4v) is 3.35. The fourth-order valence-electron chi connectivity index (χ4n) is 3.35. The van der Waals surface area contributed by atoms with E-state index >= 15 is 0 Å². The second-order valence-electron chi connectivity index (χ2n) is 6.49. The zero-order valence-electron chi connectivity index (χ0n) is 12.6. The van der Waals surface area contributed by atoms with E-state index in [1.165, 1.54) is 21.9 Å². The van der Waals surface area contributed by atoms with Gasteiger partial charge in [0, 0.05) is 0 Å². The average molecular weight is 276 g/mol. The summed E-state index contributed by atoms with van der Waals surface area (Å²) in [5, 5.41) is 2.48. The lowest BCUT2D eigenvalue weighted by Gasteiger charge is -2.36. The second-order valence-corrected chi connectivity index (χ2v) is 6.49. The van der Waals surface area contributed by atoms with Gasteiger partial charge in [-0.3, -0.25) is 0 Å².